The first-order valence-corrected chi connectivity index (χ1v) is 7.48. The number of hydrogen-bond acceptors (Lipinski definition) is 6. The van der Waals surface area contributed by atoms with E-state index < -0.39 is 6.10 Å². The number of nitrogens with one attached hydrogen (secondary N) is 1. The van der Waals surface area contributed by atoms with Crippen molar-refractivity contribution in [3.05, 3.63) is 29.3 Å². The number of rotatable bonds is 5. The molecule has 0 bridgehead atoms. The van der Waals surface area contributed by atoms with Gasteiger partial charge < -0.3 is 4.74 Å². The summed E-state index contributed by atoms with van der Waals surface area (Å²) in [4.78, 5) is 12.1. The van der Waals surface area contributed by atoms with Crippen LogP contribution >= 0.6 is 11.5 Å². The molecule has 2 aromatic rings. The van der Waals surface area contributed by atoms with Crippen molar-refractivity contribution in [3.8, 4) is 5.75 Å². The van der Waals surface area contributed by atoms with E-state index >= 15 is 0 Å². The number of aromatic nitrogens is 3. The van der Waals surface area contributed by atoms with Crippen LogP contribution in [-0.4, -0.2) is 26.8 Å². The lowest BCUT2D eigenvalue weighted by atomic mass is 10.0. The molecule has 0 fully saturated rings. The summed E-state index contributed by atoms with van der Waals surface area (Å²) in [7, 11) is 0. The third-order valence-corrected chi connectivity index (χ3v) is 3.50. The number of aryl methyl sites for hydroxylation is 1. The number of carbonyl (C=O) groups excluding carboxylic acids is 1. The fraction of sp³-hybridized carbons (Fsp3) is 0.429. The highest BCUT2D eigenvalue weighted by atomic mass is 32.1. The van der Waals surface area contributed by atoms with Gasteiger partial charge in [0.15, 0.2) is 6.10 Å². The summed E-state index contributed by atoms with van der Waals surface area (Å²) in [6.07, 6.45) is -0.631. The van der Waals surface area contributed by atoms with Gasteiger partial charge in [-0.05, 0) is 42.2 Å². The first-order valence-electron chi connectivity index (χ1n) is 6.70. The van der Waals surface area contributed by atoms with Crippen molar-refractivity contribution in [2.45, 2.75) is 39.7 Å². The van der Waals surface area contributed by atoms with Crippen molar-refractivity contribution in [1.82, 2.24) is 14.8 Å². The minimum Gasteiger partial charge on any atom is -0.481 e. The Kier molecular flexibility index (Phi) is 4.85. The minimum absolute atomic E-state index is 0.273. The Balaban J connectivity index is 2.10. The third-order valence-electron chi connectivity index (χ3n) is 2.99. The number of amides is 1. The monoisotopic (exact) mass is 306 g/mol. The highest BCUT2D eigenvalue weighted by Crippen LogP contribution is 2.28. The lowest BCUT2D eigenvalue weighted by Gasteiger charge is -2.18. The predicted octanol–water partition coefficient (Wildman–Crippen LogP) is 2.77. The summed E-state index contributed by atoms with van der Waals surface area (Å²) >= 11 is 1.03. The molecule has 0 radical (unpaired) electrons. The average molecular weight is 306 g/mol. The van der Waals surface area contributed by atoms with E-state index in [1.54, 1.807) is 6.92 Å². The molecule has 0 aliphatic carbocycles. The van der Waals surface area contributed by atoms with Crippen LogP contribution in [0.25, 0.3) is 0 Å². The zero-order chi connectivity index (χ0) is 15.4. The van der Waals surface area contributed by atoms with E-state index in [-0.39, 0.29) is 5.91 Å². The molecular formula is C14H18N4O2S. The number of ether oxygens (including phenoxy) is 1. The summed E-state index contributed by atoms with van der Waals surface area (Å²) in [6.45, 7) is 7.88. The molecule has 0 spiro atoms. The summed E-state index contributed by atoms with van der Waals surface area (Å²) < 4.78 is 9.41. The SMILES string of the molecule is Cc1ccc(C(C)C)c(OC(C)C(=O)Nc2nnns2)c1. The summed E-state index contributed by atoms with van der Waals surface area (Å²) in [5, 5.41) is 10.1. The molecule has 6 nitrogen and oxygen atoms in total. The van der Waals surface area contributed by atoms with E-state index in [4.69, 9.17) is 4.74 Å². The van der Waals surface area contributed by atoms with Crippen LogP contribution < -0.4 is 10.1 Å². The van der Waals surface area contributed by atoms with Crippen LogP contribution in [0.2, 0.25) is 0 Å². The van der Waals surface area contributed by atoms with Crippen molar-refractivity contribution >= 4 is 22.6 Å². The van der Waals surface area contributed by atoms with Gasteiger partial charge in [0.05, 0.1) is 0 Å². The van der Waals surface area contributed by atoms with Crippen LogP contribution in [-0.2, 0) is 4.79 Å². The Hall–Kier alpha value is -2.02. The van der Waals surface area contributed by atoms with Crippen LogP contribution in [0.15, 0.2) is 18.2 Å². The molecule has 0 aliphatic rings. The number of nitrogens with zero attached hydrogens (tertiary/aromatic N) is 3. The average Bonchev–Trinajstić information content (AvgIpc) is 2.91. The van der Waals surface area contributed by atoms with Gasteiger partial charge in [-0.1, -0.05) is 35.6 Å². The van der Waals surface area contributed by atoms with Crippen molar-refractivity contribution in [2.75, 3.05) is 5.32 Å². The van der Waals surface area contributed by atoms with Crippen LogP contribution in [0, 0.1) is 6.92 Å². The summed E-state index contributed by atoms with van der Waals surface area (Å²) in [5.74, 6) is 0.788. The fourth-order valence-corrected chi connectivity index (χ4v) is 2.22. The third kappa shape index (κ3) is 3.98. The van der Waals surface area contributed by atoms with Gasteiger partial charge in [-0.15, -0.1) is 0 Å². The maximum Gasteiger partial charge on any atom is 0.267 e. The molecule has 1 N–H and O–H groups in total. The Labute approximate surface area is 127 Å². The fourth-order valence-electron chi connectivity index (χ4n) is 1.85. The molecule has 1 unspecified atom stereocenters. The summed E-state index contributed by atoms with van der Waals surface area (Å²) in [5.41, 5.74) is 2.17. The van der Waals surface area contributed by atoms with E-state index in [2.05, 4.69) is 34.0 Å². The van der Waals surface area contributed by atoms with Crippen LogP contribution in [0.5, 0.6) is 5.75 Å². The van der Waals surface area contributed by atoms with Gasteiger partial charge in [0, 0.05) is 11.5 Å². The first-order chi connectivity index (χ1) is 9.97. The van der Waals surface area contributed by atoms with Crippen molar-refractivity contribution in [3.63, 3.8) is 0 Å². The number of hydrogen-bond donors (Lipinski definition) is 1. The molecule has 1 atom stereocenters. The topological polar surface area (TPSA) is 77.0 Å². The Morgan fingerprint density at radius 1 is 1.33 bits per heavy atom. The van der Waals surface area contributed by atoms with Gasteiger partial charge in [-0.2, -0.15) is 0 Å². The van der Waals surface area contributed by atoms with E-state index in [1.165, 1.54) is 0 Å². The molecule has 1 amide bonds. The van der Waals surface area contributed by atoms with Gasteiger partial charge >= 0.3 is 0 Å². The van der Waals surface area contributed by atoms with E-state index in [0.717, 1.165) is 28.4 Å². The highest BCUT2D eigenvalue weighted by molar-refractivity contribution is 7.09. The molecule has 0 saturated heterocycles. The molecule has 0 aliphatic heterocycles. The molecule has 0 saturated carbocycles. The first kappa shape index (κ1) is 15.4. The second kappa shape index (κ2) is 6.62. The predicted molar refractivity (Wildman–Crippen MR) is 81.7 cm³/mol. The smallest absolute Gasteiger partial charge is 0.267 e. The van der Waals surface area contributed by atoms with Gasteiger partial charge in [0.2, 0.25) is 5.13 Å². The van der Waals surface area contributed by atoms with Gasteiger partial charge in [0.1, 0.15) is 5.75 Å². The van der Waals surface area contributed by atoms with Crippen LogP contribution in [0.1, 0.15) is 37.8 Å². The van der Waals surface area contributed by atoms with Crippen molar-refractivity contribution in [1.29, 1.82) is 0 Å². The quantitative estimate of drug-likeness (QED) is 0.919. The zero-order valence-corrected chi connectivity index (χ0v) is 13.3. The molecule has 2 rings (SSSR count). The summed E-state index contributed by atoms with van der Waals surface area (Å²) in [6, 6.07) is 6.03. The molecule has 112 valence electrons. The van der Waals surface area contributed by atoms with E-state index in [9.17, 15) is 4.79 Å². The maximum atomic E-state index is 12.1. The van der Waals surface area contributed by atoms with Crippen molar-refractivity contribution < 1.29 is 9.53 Å². The van der Waals surface area contributed by atoms with Gasteiger partial charge in [-0.3, -0.25) is 10.1 Å². The van der Waals surface area contributed by atoms with Crippen LogP contribution in [0.3, 0.4) is 0 Å². The Bertz CT molecular complexity index is 613. The second-order valence-corrected chi connectivity index (χ2v) is 5.85. The molecule has 1 aromatic carbocycles. The molecule has 21 heavy (non-hydrogen) atoms. The normalized spacial score (nSPS) is 12.2. The van der Waals surface area contributed by atoms with Gasteiger partial charge in [-0.25, -0.2) is 0 Å². The lowest BCUT2D eigenvalue weighted by Crippen LogP contribution is -2.30. The second-order valence-electron chi connectivity index (χ2n) is 5.11. The molecular weight excluding hydrogens is 288 g/mol. The number of benzene rings is 1. The van der Waals surface area contributed by atoms with Crippen LogP contribution in [0.4, 0.5) is 5.13 Å². The minimum atomic E-state index is -0.631. The standard InChI is InChI=1S/C14H18N4O2S/c1-8(2)11-6-5-9(3)7-12(11)20-10(4)13(19)15-14-16-17-18-21-14/h5-8,10H,1-4H3,(H,15,16,18,19). The van der Waals surface area contributed by atoms with Gasteiger partial charge in [0.25, 0.3) is 5.91 Å². The molecule has 1 heterocycles. The number of anilines is 1. The molecule has 1 aromatic heterocycles. The largest absolute Gasteiger partial charge is 0.481 e. The van der Waals surface area contributed by atoms with E-state index in [0.29, 0.717) is 11.0 Å². The molecule has 7 heteroatoms. The lowest BCUT2D eigenvalue weighted by molar-refractivity contribution is -0.122. The van der Waals surface area contributed by atoms with Crippen molar-refractivity contribution in [2.24, 2.45) is 0 Å². The maximum absolute atomic E-state index is 12.1. The van der Waals surface area contributed by atoms with E-state index in [1.807, 2.05) is 25.1 Å². The zero-order valence-electron chi connectivity index (χ0n) is 12.5. The number of carbonyl (C=O) groups is 1. The highest BCUT2D eigenvalue weighted by Gasteiger charge is 2.18. The Morgan fingerprint density at radius 2 is 2.10 bits per heavy atom. The Morgan fingerprint density at radius 3 is 2.71 bits per heavy atom.